The third-order valence-corrected chi connectivity index (χ3v) is 2.47. The van der Waals surface area contributed by atoms with Crippen LogP contribution in [0, 0.1) is 0 Å². The van der Waals surface area contributed by atoms with Crippen LogP contribution in [0.4, 0.5) is 0 Å². The normalized spacial score (nSPS) is 16.1. The Morgan fingerprint density at radius 1 is 1.57 bits per heavy atom. The molecule has 1 heterocycles. The van der Waals surface area contributed by atoms with Gasteiger partial charge in [-0.3, -0.25) is 5.10 Å². The van der Waals surface area contributed by atoms with E-state index in [0.29, 0.717) is 0 Å². The molecule has 14 heavy (non-hydrogen) atoms. The molecule has 0 radical (unpaired) electrons. The Labute approximate surface area is 83.7 Å². The van der Waals surface area contributed by atoms with Crippen molar-refractivity contribution < 1.29 is 5.11 Å². The van der Waals surface area contributed by atoms with Crippen LogP contribution in [0.25, 0.3) is 0 Å². The van der Waals surface area contributed by atoms with E-state index < -0.39 is 0 Å². The Kier molecular flexibility index (Phi) is 3.16. The molecule has 1 aromatic rings. The lowest BCUT2D eigenvalue weighted by molar-refractivity contribution is 0.286. The maximum Gasteiger partial charge on any atom is 0.0656 e. The van der Waals surface area contributed by atoms with Gasteiger partial charge in [-0.1, -0.05) is 0 Å². The molecule has 0 bridgehead atoms. The van der Waals surface area contributed by atoms with Gasteiger partial charge >= 0.3 is 0 Å². The minimum atomic E-state index is 0.253. The minimum absolute atomic E-state index is 0.253. The van der Waals surface area contributed by atoms with Gasteiger partial charge in [-0.15, -0.1) is 0 Å². The maximum atomic E-state index is 8.59. The molecular formula is C10H17N3O. The van der Waals surface area contributed by atoms with Gasteiger partial charge in [-0.05, 0) is 31.9 Å². The molecule has 0 unspecified atom stereocenters. The highest BCUT2D eigenvalue weighted by Gasteiger charge is 2.25. The van der Waals surface area contributed by atoms with Crippen LogP contribution in [-0.4, -0.2) is 28.5 Å². The van der Waals surface area contributed by atoms with Crippen molar-refractivity contribution in [3.8, 4) is 0 Å². The fourth-order valence-corrected chi connectivity index (χ4v) is 1.49. The van der Waals surface area contributed by atoms with Crippen molar-refractivity contribution in [3.63, 3.8) is 0 Å². The largest absolute Gasteiger partial charge is 0.396 e. The monoisotopic (exact) mass is 195 g/mol. The van der Waals surface area contributed by atoms with E-state index in [4.69, 9.17) is 5.11 Å². The van der Waals surface area contributed by atoms with E-state index in [2.05, 4.69) is 21.6 Å². The second-order valence-electron chi connectivity index (χ2n) is 3.85. The number of hydrogen-bond donors (Lipinski definition) is 3. The van der Waals surface area contributed by atoms with Crippen LogP contribution >= 0.6 is 0 Å². The van der Waals surface area contributed by atoms with Crippen molar-refractivity contribution in [2.45, 2.75) is 31.7 Å². The maximum absolute atomic E-state index is 8.59. The Bertz CT molecular complexity index is 281. The summed E-state index contributed by atoms with van der Waals surface area (Å²) >= 11 is 0. The van der Waals surface area contributed by atoms with Crippen LogP contribution in [0.15, 0.2) is 6.07 Å². The van der Waals surface area contributed by atoms with Gasteiger partial charge in [-0.25, -0.2) is 0 Å². The number of nitrogens with zero attached hydrogens (tertiary/aromatic N) is 1. The van der Waals surface area contributed by atoms with Crippen molar-refractivity contribution in [3.05, 3.63) is 17.5 Å². The van der Waals surface area contributed by atoms with Crippen molar-refractivity contribution >= 4 is 0 Å². The molecule has 1 fully saturated rings. The number of hydrogen-bond acceptors (Lipinski definition) is 3. The molecule has 3 N–H and O–H groups in total. The molecule has 1 aliphatic carbocycles. The summed E-state index contributed by atoms with van der Waals surface area (Å²) in [6, 6.07) is 2.14. The van der Waals surface area contributed by atoms with E-state index in [9.17, 15) is 0 Å². The first kappa shape index (κ1) is 9.68. The van der Waals surface area contributed by atoms with Gasteiger partial charge in [0.15, 0.2) is 0 Å². The number of rotatable bonds is 6. The molecule has 0 aromatic carbocycles. The number of aromatic nitrogens is 2. The number of H-pyrrole nitrogens is 1. The summed E-state index contributed by atoms with van der Waals surface area (Å²) < 4.78 is 0. The van der Waals surface area contributed by atoms with E-state index in [-0.39, 0.29) is 6.61 Å². The summed E-state index contributed by atoms with van der Waals surface area (Å²) in [4.78, 5) is 0. The third kappa shape index (κ3) is 2.56. The Morgan fingerprint density at radius 3 is 3.14 bits per heavy atom. The molecule has 2 rings (SSSR count). The summed E-state index contributed by atoms with van der Waals surface area (Å²) in [5.74, 6) is 0.720. The van der Waals surface area contributed by atoms with Crippen molar-refractivity contribution in [2.75, 3.05) is 13.2 Å². The Balaban J connectivity index is 1.72. The first-order chi connectivity index (χ1) is 6.90. The molecule has 4 nitrogen and oxygen atoms in total. The second kappa shape index (κ2) is 4.57. The number of aromatic amines is 1. The molecule has 0 saturated heterocycles. The molecule has 0 amide bonds. The van der Waals surface area contributed by atoms with Gasteiger partial charge in [0.05, 0.1) is 5.69 Å². The number of nitrogens with one attached hydrogen (secondary N) is 2. The lowest BCUT2D eigenvalue weighted by Gasteiger charge is -1.99. The topological polar surface area (TPSA) is 60.9 Å². The van der Waals surface area contributed by atoms with Crippen molar-refractivity contribution in [1.82, 2.24) is 15.5 Å². The van der Waals surface area contributed by atoms with Gasteiger partial charge in [0, 0.05) is 24.8 Å². The fourth-order valence-electron chi connectivity index (χ4n) is 1.49. The zero-order valence-electron chi connectivity index (χ0n) is 8.29. The molecule has 0 spiro atoms. The summed E-state index contributed by atoms with van der Waals surface area (Å²) in [5.41, 5.74) is 2.36. The summed E-state index contributed by atoms with van der Waals surface area (Å²) in [5, 5.41) is 19.1. The van der Waals surface area contributed by atoms with Crippen LogP contribution in [0.3, 0.4) is 0 Å². The first-order valence-electron chi connectivity index (χ1n) is 5.26. The average Bonchev–Trinajstić information content (AvgIpc) is 2.94. The molecule has 1 aromatic heterocycles. The standard InChI is InChI=1S/C10H17N3O/c14-5-1-4-11-7-9-6-10(13-12-9)8-2-3-8/h6,8,11,14H,1-5,7H2,(H,12,13). The van der Waals surface area contributed by atoms with E-state index >= 15 is 0 Å². The molecule has 4 heteroatoms. The van der Waals surface area contributed by atoms with Crippen molar-refractivity contribution in [1.29, 1.82) is 0 Å². The smallest absolute Gasteiger partial charge is 0.0656 e. The SMILES string of the molecule is OCCCNCc1cc(C2CC2)n[nH]1. The first-order valence-corrected chi connectivity index (χ1v) is 5.26. The molecule has 78 valence electrons. The predicted octanol–water partition coefficient (Wildman–Crippen LogP) is 0.759. The summed E-state index contributed by atoms with van der Waals surface area (Å²) in [6.07, 6.45) is 3.40. The zero-order valence-corrected chi connectivity index (χ0v) is 8.29. The molecule has 1 saturated carbocycles. The molecule has 1 aliphatic rings. The van der Waals surface area contributed by atoms with Crippen molar-refractivity contribution in [2.24, 2.45) is 0 Å². The summed E-state index contributed by atoms with van der Waals surface area (Å²) in [7, 11) is 0. The van der Waals surface area contributed by atoms with Gasteiger partial charge in [0.2, 0.25) is 0 Å². The van der Waals surface area contributed by atoms with Crippen LogP contribution < -0.4 is 5.32 Å². The highest BCUT2D eigenvalue weighted by Crippen LogP contribution is 2.38. The average molecular weight is 195 g/mol. The number of aliphatic hydroxyl groups is 1. The van der Waals surface area contributed by atoms with Crippen LogP contribution in [-0.2, 0) is 6.54 Å². The lowest BCUT2D eigenvalue weighted by atomic mass is 10.2. The zero-order chi connectivity index (χ0) is 9.80. The Hall–Kier alpha value is -0.870. The molecule has 0 atom stereocenters. The second-order valence-corrected chi connectivity index (χ2v) is 3.85. The quantitative estimate of drug-likeness (QED) is 0.587. The highest BCUT2D eigenvalue weighted by molar-refractivity contribution is 5.17. The van der Waals surface area contributed by atoms with Crippen LogP contribution in [0.2, 0.25) is 0 Å². The van der Waals surface area contributed by atoms with Crippen LogP contribution in [0.5, 0.6) is 0 Å². The van der Waals surface area contributed by atoms with Crippen LogP contribution in [0.1, 0.15) is 36.6 Å². The van der Waals surface area contributed by atoms with Gasteiger partial charge in [0.25, 0.3) is 0 Å². The van der Waals surface area contributed by atoms with E-state index in [1.165, 1.54) is 18.5 Å². The highest BCUT2D eigenvalue weighted by atomic mass is 16.3. The van der Waals surface area contributed by atoms with Gasteiger partial charge in [-0.2, -0.15) is 5.10 Å². The number of aliphatic hydroxyl groups excluding tert-OH is 1. The van der Waals surface area contributed by atoms with Gasteiger partial charge in [0.1, 0.15) is 0 Å². The third-order valence-electron chi connectivity index (χ3n) is 2.47. The van der Waals surface area contributed by atoms with E-state index in [1.54, 1.807) is 0 Å². The van der Waals surface area contributed by atoms with E-state index in [0.717, 1.165) is 31.1 Å². The predicted molar refractivity (Wildman–Crippen MR) is 54.0 cm³/mol. The Morgan fingerprint density at radius 2 is 2.43 bits per heavy atom. The minimum Gasteiger partial charge on any atom is -0.396 e. The molecular weight excluding hydrogens is 178 g/mol. The molecule has 0 aliphatic heterocycles. The van der Waals surface area contributed by atoms with Gasteiger partial charge < -0.3 is 10.4 Å². The lowest BCUT2D eigenvalue weighted by Crippen LogP contribution is -2.15. The fraction of sp³-hybridized carbons (Fsp3) is 0.700. The van der Waals surface area contributed by atoms with E-state index in [1.807, 2.05) is 0 Å². The summed E-state index contributed by atoms with van der Waals surface area (Å²) in [6.45, 7) is 1.93.